The first-order valence-electron chi connectivity index (χ1n) is 13.2. The number of aliphatic hydroxyl groups excluding tert-OH is 2. The Morgan fingerprint density at radius 3 is 2.39 bits per heavy atom. The number of phenols is 2. The predicted molar refractivity (Wildman–Crippen MR) is 139 cm³/mol. The van der Waals surface area contributed by atoms with Crippen LogP contribution in [0.4, 0.5) is 0 Å². The molecule has 41 heavy (non-hydrogen) atoms. The number of aromatic hydroxyl groups is 2. The van der Waals surface area contributed by atoms with Crippen LogP contribution in [-0.2, 0) is 26.3 Å². The quantitative estimate of drug-likeness (QED) is 0.269. The van der Waals surface area contributed by atoms with E-state index in [0.29, 0.717) is 0 Å². The van der Waals surface area contributed by atoms with Crippen molar-refractivity contribution in [2.24, 2.45) is 0 Å². The monoisotopic (exact) mass is 569 g/mol. The second kappa shape index (κ2) is 8.73. The molecule has 0 saturated carbocycles. The summed E-state index contributed by atoms with van der Waals surface area (Å²) in [5.74, 6) is -4.92. The standard InChI is InChI=1S/C29H31NO11/c1-28(38)7-6-10-11(18(28)26(37)39-5)8-12-15(20(10)32)22(34)16-14(31)9-13-24(17(16)21(12)33)40-27-23(35)19(30(3)4)25(36)29(13,2)41-27/h8-9,18-19,23,25,27,31-32,35-36,38H,6-7H2,1-5H3/t18-,19+,23-,25+,27+,28+,29-/m1/s1. The maximum absolute atomic E-state index is 14.2. The molecule has 2 aromatic carbocycles. The molecular formula is C29H31NO11. The van der Waals surface area contributed by atoms with Crippen molar-refractivity contribution in [1.82, 2.24) is 4.90 Å². The summed E-state index contributed by atoms with van der Waals surface area (Å²) < 4.78 is 16.8. The summed E-state index contributed by atoms with van der Waals surface area (Å²) in [6.07, 6.45) is -3.80. The van der Waals surface area contributed by atoms with Gasteiger partial charge in [-0.15, -0.1) is 0 Å². The zero-order valence-corrected chi connectivity index (χ0v) is 23.1. The van der Waals surface area contributed by atoms with Crippen molar-refractivity contribution < 1.29 is 54.1 Å². The molecule has 1 saturated heterocycles. The van der Waals surface area contributed by atoms with Crippen LogP contribution in [0.25, 0.3) is 0 Å². The number of carbonyl (C=O) groups is 3. The molecule has 0 amide bonds. The highest BCUT2D eigenvalue weighted by molar-refractivity contribution is 6.31. The fraction of sp³-hybridized carbons (Fsp3) is 0.483. The van der Waals surface area contributed by atoms with Gasteiger partial charge in [0.2, 0.25) is 12.1 Å². The molecule has 0 unspecified atom stereocenters. The number of rotatable bonds is 2. The van der Waals surface area contributed by atoms with Crippen LogP contribution in [0, 0.1) is 0 Å². The van der Waals surface area contributed by atoms with Gasteiger partial charge in [0, 0.05) is 11.1 Å². The number of hydrogen-bond donors (Lipinski definition) is 5. The van der Waals surface area contributed by atoms with Crippen molar-refractivity contribution in [3.05, 3.63) is 51.1 Å². The van der Waals surface area contributed by atoms with Gasteiger partial charge in [-0.2, -0.15) is 0 Å². The Bertz CT molecular complexity index is 1550. The number of carbonyl (C=O) groups excluding carboxylic acids is 3. The molecule has 2 bridgehead atoms. The summed E-state index contributed by atoms with van der Waals surface area (Å²) >= 11 is 0. The predicted octanol–water partition coefficient (Wildman–Crippen LogP) is 0.443. The average Bonchev–Trinajstić information content (AvgIpc) is 2.89. The summed E-state index contributed by atoms with van der Waals surface area (Å²) in [5, 5.41) is 55.7. The molecule has 0 aromatic heterocycles. The molecule has 2 aliphatic carbocycles. The van der Waals surface area contributed by atoms with Crippen molar-refractivity contribution in [3.63, 3.8) is 0 Å². The fourth-order valence-electron chi connectivity index (χ4n) is 6.94. The van der Waals surface area contributed by atoms with Gasteiger partial charge in [0.1, 0.15) is 41.0 Å². The SMILES string of the molecule is COC(=O)[C@H]1c2cc3c(c(O)c2CC[C@]1(C)O)C(=O)c1c(O)cc2c(c1C3=O)O[C@H]1O[C@@]2(C)[C@@H](O)[C@@H](N(C)C)[C@H]1O. The molecule has 2 heterocycles. The molecule has 5 N–H and O–H groups in total. The molecule has 1 fully saturated rings. The van der Waals surface area contributed by atoms with Gasteiger partial charge in [-0.25, -0.2) is 0 Å². The van der Waals surface area contributed by atoms with E-state index >= 15 is 0 Å². The van der Waals surface area contributed by atoms with E-state index in [1.54, 1.807) is 19.0 Å². The van der Waals surface area contributed by atoms with E-state index in [1.165, 1.54) is 26.0 Å². The largest absolute Gasteiger partial charge is 0.507 e. The van der Waals surface area contributed by atoms with E-state index in [-0.39, 0.29) is 52.0 Å². The molecule has 2 aromatic rings. The van der Waals surface area contributed by atoms with Gasteiger partial charge >= 0.3 is 5.97 Å². The lowest BCUT2D eigenvalue weighted by atomic mass is 9.69. The molecule has 4 aliphatic rings. The molecule has 12 heteroatoms. The van der Waals surface area contributed by atoms with Gasteiger partial charge in [-0.05, 0) is 64.0 Å². The van der Waals surface area contributed by atoms with Gasteiger partial charge < -0.3 is 44.6 Å². The van der Waals surface area contributed by atoms with Crippen LogP contribution in [-0.4, -0.2) is 99.3 Å². The third kappa shape index (κ3) is 3.48. The summed E-state index contributed by atoms with van der Waals surface area (Å²) in [5.41, 5.74) is -3.95. The van der Waals surface area contributed by atoms with E-state index in [1.807, 2.05) is 0 Å². The number of likely N-dealkylation sites (N-methyl/N-ethyl adjacent to an activating group) is 1. The van der Waals surface area contributed by atoms with E-state index in [2.05, 4.69) is 0 Å². The van der Waals surface area contributed by atoms with Crippen molar-refractivity contribution in [2.45, 2.75) is 68.3 Å². The van der Waals surface area contributed by atoms with E-state index in [9.17, 15) is 39.9 Å². The Labute approximate surface area is 234 Å². The van der Waals surface area contributed by atoms with Gasteiger partial charge in [0.05, 0.1) is 35.4 Å². The zero-order valence-electron chi connectivity index (χ0n) is 23.1. The minimum atomic E-state index is -1.56. The molecule has 7 atom stereocenters. The van der Waals surface area contributed by atoms with Crippen LogP contribution in [0.3, 0.4) is 0 Å². The summed E-state index contributed by atoms with van der Waals surface area (Å²) in [4.78, 5) is 42.4. The zero-order chi connectivity index (χ0) is 29.9. The Hall–Kier alpha value is -3.55. The summed E-state index contributed by atoms with van der Waals surface area (Å²) in [7, 11) is 4.49. The first-order chi connectivity index (χ1) is 19.2. The van der Waals surface area contributed by atoms with Gasteiger partial charge in [-0.1, -0.05) is 0 Å². The number of aliphatic hydroxyl groups is 3. The molecule has 218 valence electrons. The lowest BCUT2D eigenvalue weighted by Crippen LogP contribution is -2.68. The van der Waals surface area contributed by atoms with Crippen LogP contribution < -0.4 is 4.74 Å². The number of nitrogens with zero attached hydrogens (tertiary/aromatic N) is 1. The van der Waals surface area contributed by atoms with Crippen LogP contribution >= 0.6 is 0 Å². The highest BCUT2D eigenvalue weighted by Gasteiger charge is 2.59. The molecule has 12 nitrogen and oxygen atoms in total. The Kier molecular flexibility index (Phi) is 5.88. The maximum atomic E-state index is 14.2. The average molecular weight is 570 g/mol. The molecular weight excluding hydrogens is 538 g/mol. The van der Waals surface area contributed by atoms with Crippen LogP contribution in [0.5, 0.6) is 17.2 Å². The Balaban J connectivity index is 1.59. The highest BCUT2D eigenvalue weighted by Crippen LogP contribution is 2.54. The third-order valence-corrected chi connectivity index (χ3v) is 9.12. The lowest BCUT2D eigenvalue weighted by molar-refractivity contribution is -0.311. The lowest BCUT2D eigenvalue weighted by Gasteiger charge is -2.53. The smallest absolute Gasteiger partial charge is 0.316 e. The number of methoxy groups -OCH3 is 1. The molecule has 2 aliphatic heterocycles. The first-order valence-corrected chi connectivity index (χ1v) is 13.2. The highest BCUT2D eigenvalue weighted by atomic mass is 16.7. The van der Waals surface area contributed by atoms with E-state index < -0.39 is 76.3 Å². The number of hydrogen-bond acceptors (Lipinski definition) is 12. The Morgan fingerprint density at radius 2 is 1.76 bits per heavy atom. The van der Waals surface area contributed by atoms with Gasteiger partial charge in [0.25, 0.3) is 0 Å². The van der Waals surface area contributed by atoms with Crippen molar-refractivity contribution in [2.75, 3.05) is 21.2 Å². The van der Waals surface area contributed by atoms with E-state index in [0.717, 1.165) is 7.11 Å². The third-order valence-electron chi connectivity index (χ3n) is 9.12. The van der Waals surface area contributed by atoms with Crippen LogP contribution in [0.15, 0.2) is 12.1 Å². The summed E-state index contributed by atoms with van der Waals surface area (Å²) in [6.45, 7) is 2.99. The first kappa shape index (κ1) is 27.6. The normalized spacial score (nSPS) is 33.3. The number of fused-ring (bicyclic) bond motifs is 8. The van der Waals surface area contributed by atoms with Crippen LogP contribution in [0.1, 0.15) is 74.7 Å². The number of esters is 1. The van der Waals surface area contributed by atoms with E-state index in [4.69, 9.17) is 14.2 Å². The van der Waals surface area contributed by atoms with Crippen molar-refractivity contribution in [1.29, 1.82) is 0 Å². The number of benzene rings is 2. The second-order valence-electron chi connectivity index (χ2n) is 11.8. The second-order valence-corrected chi connectivity index (χ2v) is 11.8. The molecule has 0 spiro atoms. The minimum Gasteiger partial charge on any atom is -0.507 e. The maximum Gasteiger partial charge on any atom is 0.316 e. The molecule has 6 rings (SSSR count). The number of ketones is 2. The minimum absolute atomic E-state index is 0.0794. The van der Waals surface area contributed by atoms with Crippen LogP contribution in [0.2, 0.25) is 0 Å². The summed E-state index contributed by atoms with van der Waals surface area (Å²) in [6, 6.07) is 1.66. The fourth-order valence-corrected chi connectivity index (χ4v) is 6.94. The Morgan fingerprint density at radius 1 is 1.07 bits per heavy atom. The number of ether oxygens (including phenoxy) is 3. The molecule has 0 radical (unpaired) electrons. The number of phenolic OH excluding ortho intramolecular Hbond substituents is 2. The van der Waals surface area contributed by atoms with Crippen molar-refractivity contribution in [3.8, 4) is 17.2 Å². The topological polar surface area (TPSA) is 183 Å². The van der Waals surface area contributed by atoms with Gasteiger partial charge in [-0.3, -0.25) is 14.4 Å². The van der Waals surface area contributed by atoms with Gasteiger partial charge in [0.15, 0.2) is 5.78 Å². The van der Waals surface area contributed by atoms with Crippen molar-refractivity contribution >= 4 is 17.5 Å².